The number of amides is 1. The van der Waals surface area contributed by atoms with Crippen LogP contribution < -0.4 is 10.6 Å². The van der Waals surface area contributed by atoms with E-state index < -0.39 is 0 Å². The van der Waals surface area contributed by atoms with Crippen molar-refractivity contribution >= 4 is 5.91 Å². The van der Waals surface area contributed by atoms with E-state index in [0.29, 0.717) is 0 Å². The first kappa shape index (κ1) is 13.1. The SMILES string of the molecule is Cc1cc(C)c(C(=O)N[C@H]2CCCNC2)c(C)c1. The Bertz CT molecular complexity index is 425. The van der Waals surface area contributed by atoms with E-state index in [0.717, 1.165) is 42.6 Å². The number of hydrogen-bond donors (Lipinski definition) is 2. The van der Waals surface area contributed by atoms with E-state index in [1.54, 1.807) is 0 Å². The third-order valence-corrected chi connectivity index (χ3v) is 3.54. The third-order valence-electron chi connectivity index (χ3n) is 3.54. The summed E-state index contributed by atoms with van der Waals surface area (Å²) in [6, 6.07) is 4.41. The highest BCUT2D eigenvalue weighted by Gasteiger charge is 2.18. The topological polar surface area (TPSA) is 41.1 Å². The zero-order valence-electron chi connectivity index (χ0n) is 11.5. The molecule has 1 aliphatic rings. The highest BCUT2D eigenvalue weighted by Crippen LogP contribution is 2.16. The molecular formula is C15H22N2O. The van der Waals surface area contributed by atoms with Crippen molar-refractivity contribution in [2.24, 2.45) is 0 Å². The lowest BCUT2D eigenvalue weighted by molar-refractivity contribution is 0.0929. The first-order valence-corrected chi connectivity index (χ1v) is 6.67. The van der Waals surface area contributed by atoms with E-state index >= 15 is 0 Å². The van der Waals surface area contributed by atoms with E-state index in [4.69, 9.17) is 0 Å². The number of carbonyl (C=O) groups excluding carboxylic acids is 1. The zero-order valence-corrected chi connectivity index (χ0v) is 11.5. The van der Waals surface area contributed by atoms with Crippen molar-refractivity contribution < 1.29 is 4.79 Å². The molecule has 0 aromatic heterocycles. The molecule has 1 saturated heterocycles. The quantitative estimate of drug-likeness (QED) is 0.839. The molecule has 0 radical (unpaired) electrons. The molecule has 1 heterocycles. The fraction of sp³-hybridized carbons (Fsp3) is 0.533. The summed E-state index contributed by atoms with van der Waals surface area (Å²) in [4.78, 5) is 12.3. The van der Waals surface area contributed by atoms with Gasteiger partial charge < -0.3 is 10.6 Å². The Kier molecular flexibility index (Phi) is 4.02. The van der Waals surface area contributed by atoms with Gasteiger partial charge in [0.25, 0.3) is 5.91 Å². The molecule has 2 N–H and O–H groups in total. The van der Waals surface area contributed by atoms with Gasteiger partial charge in [0, 0.05) is 18.2 Å². The lowest BCUT2D eigenvalue weighted by Crippen LogP contribution is -2.45. The van der Waals surface area contributed by atoms with Gasteiger partial charge in [-0.3, -0.25) is 4.79 Å². The summed E-state index contributed by atoms with van der Waals surface area (Å²) >= 11 is 0. The molecule has 0 aliphatic carbocycles. The Hall–Kier alpha value is -1.35. The monoisotopic (exact) mass is 246 g/mol. The largest absolute Gasteiger partial charge is 0.348 e. The van der Waals surface area contributed by atoms with Crippen molar-refractivity contribution in [1.82, 2.24) is 10.6 Å². The molecule has 3 nitrogen and oxygen atoms in total. The summed E-state index contributed by atoms with van der Waals surface area (Å²) < 4.78 is 0. The predicted molar refractivity (Wildman–Crippen MR) is 74.0 cm³/mol. The summed E-state index contributed by atoms with van der Waals surface area (Å²) in [7, 11) is 0. The molecule has 98 valence electrons. The van der Waals surface area contributed by atoms with E-state index in [-0.39, 0.29) is 11.9 Å². The number of carbonyl (C=O) groups is 1. The molecule has 18 heavy (non-hydrogen) atoms. The Balaban J connectivity index is 2.13. The van der Waals surface area contributed by atoms with Crippen LogP contribution in [0, 0.1) is 20.8 Å². The van der Waals surface area contributed by atoms with Crippen molar-refractivity contribution in [1.29, 1.82) is 0 Å². The number of hydrogen-bond acceptors (Lipinski definition) is 2. The maximum Gasteiger partial charge on any atom is 0.252 e. The minimum atomic E-state index is 0.0682. The van der Waals surface area contributed by atoms with Gasteiger partial charge in [-0.25, -0.2) is 0 Å². The number of piperidine rings is 1. The molecule has 1 fully saturated rings. The average molecular weight is 246 g/mol. The van der Waals surface area contributed by atoms with Crippen molar-refractivity contribution in [3.05, 3.63) is 34.4 Å². The van der Waals surface area contributed by atoms with Gasteiger partial charge >= 0.3 is 0 Å². The van der Waals surface area contributed by atoms with Gasteiger partial charge in [-0.05, 0) is 51.3 Å². The van der Waals surface area contributed by atoms with E-state index in [9.17, 15) is 4.79 Å². The van der Waals surface area contributed by atoms with Gasteiger partial charge in [-0.15, -0.1) is 0 Å². The first-order chi connectivity index (χ1) is 8.58. The summed E-state index contributed by atoms with van der Waals surface area (Å²) in [5.41, 5.74) is 4.18. The summed E-state index contributed by atoms with van der Waals surface area (Å²) in [6.07, 6.45) is 2.21. The van der Waals surface area contributed by atoms with Crippen LogP contribution in [0.15, 0.2) is 12.1 Å². The molecule has 1 atom stereocenters. The summed E-state index contributed by atoms with van der Waals surface area (Å²) in [5, 5.41) is 6.45. The Morgan fingerprint density at radius 3 is 2.50 bits per heavy atom. The van der Waals surface area contributed by atoms with Crippen LogP contribution in [0.2, 0.25) is 0 Å². The van der Waals surface area contributed by atoms with Crippen molar-refractivity contribution in [3.8, 4) is 0 Å². The minimum Gasteiger partial charge on any atom is -0.348 e. The van der Waals surface area contributed by atoms with Gasteiger partial charge in [-0.1, -0.05) is 17.7 Å². The number of benzene rings is 1. The van der Waals surface area contributed by atoms with E-state index in [2.05, 4.69) is 29.7 Å². The molecule has 1 aromatic rings. The second-order valence-corrected chi connectivity index (χ2v) is 5.29. The van der Waals surface area contributed by atoms with Crippen molar-refractivity contribution in [3.63, 3.8) is 0 Å². The fourth-order valence-corrected chi connectivity index (χ4v) is 2.77. The van der Waals surface area contributed by atoms with Crippen LogP contribution in [-0.2, 0) is 0 Å². The van der Waals surface area contributed by atoms with Crippen LogP contribution >= 0.6 is 0 Å². The summed E-state index contributed by atoms with van der Waals surface area (Å²) in [6.45, 7) is 8.03. The fourth-order valence-electron chi connectivity index (χ4n) is 2.77. The Morgan fingerprint density at radius 1 is 1.28 bits per heavy atom. The number of aryl methyl sites for hydroxylation is 3. The summed E-state index contributed by atoms with van der Waals surface area (Å²) in [5.74, 6) is 0.0682. The maximum atomic E-state index is 12.3. The third kappa shape index (κ3) is 2.91. The van der Waals surface area contributed by atoms with Crippen LogP contribution in [0.4, 0.5) is 0 Å². The first-order valence-electron chi connectivity index (χ1n) is 6.67. The zero-order chi connectivity index (χ0) is 13.1. The molecular weight excluding hydrogens is 224 g/mol. The smallest absolute Gasteiger partial charge is 0.252 e. The molecule has 0 saturated carbocycles. The van der Waals surface area contributed by atoms with Crippen LogP contribution in [0.1, 0.15) is 39.9 Å². The molecule has 0 bridgehead atoms. The molecule has 0 spiro atoms. The van der Waals surface area contributed by atoms with Gasteiger partial charge in [0.2, 0.25) is 0 Å². The van der Waals surface area contributed by atoms with Gasteiger partial charge in [-0.2, -0.15) is 0 Å². The Morgan fingerprint density at radius 2 is 1.94 bits per heavy atom. The second-order valence-electron chi connectivity index (χ2n) is 5.29. The highest BCUT2D eigenvalue weighted by molar-refractivity contribution is 5.97. The molecule has 3 heteroatoms. The van der Waals surface area contributed by atoms with Crippen molar-refractivity contribution in [2.45, 2.75) is 39.7 Å². The molecule has 1 aliphatic heterocycles. The number of nitrogens with one attached hydrogen (secondary N) is 2. The van der Waals surface area contributed by atoms with Gasteiger partial charge in [0.15, 0.2) is 0 Å². The van der Waals surface area contributed by atoms with Gasteiger partial charge in [0.1, 0.15) is 0 Å². The molecule has 2 rings (SSSR count). The van der Waals surface area contributed by atoms with Crippen LogP contribution in [-0.4, -0.2) is 25.0 Å². The average Bonchev–Trinajstić information content (AvgIpc) is 2.28. The highest BCUT2D eigenvalue weighted by atomic mass is 16.1. The normalized spacial score (nSPS) is 19.6. The van der Waals surface area contributed by atoms with Crippen molar-refractivity contribution in [2.75, 3.05) is 13.1 Å². The second kappa shape index (κ2) is 5.53. The molecule has 0 unspecified atom stereocenters. The van der Waals surface area contributed by atoms with Crippen LogP contribution in [0.3, 0.4) is 0 Å². The number of rotatable bonds is 2. The van der Waals surface area contributed by atoms with Crippen LogP contribution in [0.25, 0.3) is 0 Å². The van der Waals surface area contributed by atoms with E-state index in [1.807, 2.05) is 13.8 Å². The lowest BCUT2D eigenvalue weighted by Gasteiger charge is -2.24. The lowest BCUT2D eigenvalue weighted by atomic mass is 9.98. The van der Waals surface area contributed by atoms with Gasteiger partial charge in [0.05, 0.1) is 0 Å². The molecule has 1 aromatic carbocycles. The Labute approximate surface area is 109 Å². The van der Waals surface area contributed by atoms with Crippen LogP contribution in [0.5, 0.6) is 0 Å². The standard InChI is InChI=1S/C15H22N2O/c1-10-7-11(2)14(12(3)8-10)15(18)17-13-5-4-6-16-9-13/h7-8,13,16H,4-6,9H2,1-3H3,(H,17,18)/t13-/m0/s1. The molecule has 1 amide bonds. The van der Waals surface area contributed by atoms with E-state index in [1.165, 1.54) is 5.56 Å². The minimum absolute atomic E-state index is 0.0682. The predicted octanol–water partition coefficient (Wildman–Crippen LogP) is 2.09. The maximum absolute atomic E-state index is 12.3.